The lowest BCUT2D eigenvalue weighted by Crippen LogP contribution is -2.07. The minimum absolute atomic E-state index is 0.868. The van der Waals surface area contributed by atoms with Crippen molar-refractivity contribution in [1.82, 2.24) is 0 Å². The fourth-order valence-corrected chi connectivity index (χ4v) is 13.4. The minimum Gasteiger partial charge on any atom is -0.323 e. The number of thiophene rings is 6. The number of hydrogen-bond acceptors (Lipinski definition) is 10. The third-order valence-corrected chi connectivity index (χ3v) is 16.1. The summed E-state index contributed by atoms with van der Waals surface area (Å²) < 4.78 is 2.45. The molecule has 0 bridgehead atoms. The second-order valence-electron chi connectivity index (χ2n) is 11.6. The molecule has 0 aliphatic carbocycles. The van der Waals surface area contributed by atoms with Gasteiger partial charge in [0.2, 0.25) is 0 Å². The van der Waals surface area contributed by atoms with Crippen molar-refractivity contribution in [2.24, 2.45) is 21.9 Å². The number of nitrogens with zero attached hydrogens (tertiary/aromatic N) is 2. The zero-order valence-corrected chi connectivity index (χ0v) is 30.2. The molecule has 9 rings (SSSR count). The standard InChI is InChI=1S/C36H26N4S6/c1-15-5-7-21(41-15)23-9-11-25(43-23)27-13-19-33(39-37)29-18(4)32-30(17(3)31(29)35(19)45-27)34(40-38)20-14-28(46-36(20)32)26-12-10-24(44-26)22-8-6-16(2)42-22/h5-14H,37-38H2,1-4H3/b39-33+,40-34+. The molecule has 0 aliphatic rings. The van der Waals surface area contributed by atoms with Crippen LogP contribution in [-0.4, -0.2) is 0 Å². The summed E-state index contributed by atoms with van der Waals surface area (Å²) in [6, 6.07) is 22.3. The summed E-state index contributed by atoms with van der Waals surface area (Å²) in [6.45, 7) is 8.73. The molecule has 0 amide bonds. The number of benzene rings is 1. The molecule has 46 heavy (non-hydrogen) atoms. The molecular formula is C36H26N4S6. The summed E-state index contributed by atoms with van der Waals surface area (Å²) >= 11 is 11.0. The van der Waals surface area contributed by atoms with Gasteiger partial charge in [0.15, 0.2) is 0 Å². The van der Waals surface area contributed by atoms with Crippen LogP contribution in [0.1, 0.15) is 20.9 Å². The van der Waals surface area contributed by atoms with Crippen LogP contribution < -0.4 is 22.4 Å². The molecule has 0 fully saturated rings. The maximum absolute atomic E-state index is 6.20. The van der Waals surface area contributed by atoms with E-state index in [9.17, 15) is 0 Å². The smallest absolute Gasteiger partial charge is 0.0995 e. The molecule has 4 nitrogen and oxygen atoms in total. The van der Waals surface area contributed by atoms with Gasteiger partial charge in [-0.15, -0.1) is 68.0 Å². The second-order valence-corrected chi connectivity index (χ2v) is 18.4. The molecule has 4 N–H and O–H groups in total. The summed E-state index contributed by atoms with van der Waals surface area (Å²) in [5.74, 6) is 12.4. The van der Waals surface area contributed by atoms with Crippen molar-refractivity contribution >= 4 is 110 Å². The van der Waals surface area contributed by atoms with Crippen LogP contribution in [0.5, 0.6) is 0 Å². The van der Waals surface area contributed by atoms with Gasteiger partial charge < -0.3 is 11.7 Å². The highest BCUT2D eigenvalue weighted by atomic mass is 32.1. The molecule has 226 valence electrons. The van der Waals surface area contributed by atoms with Crippen LogP contribution in [0, 0.1) is 27.7 Å². The molecule has 3 aromatic carbocycles. The van der Waals surface area contributed by atoms with E-state index >= 15 is 0 Å². The molecule has 0 unspecified atom stereocenters. The normalized spacial score (nSPS) is 13.2. The van der Waals surface area contributed by atoms with E-state index in [2.05, 4.69) is 98.6 Å². The van der Waals surface area contributed by atoms with E-state index in [0.717, 1.165) is 32.3 Å². The molecule has 0 atom stereocenters. The van der Waals surface area contributed by atoms with Crippen molar-refractivity contribution in [3.8, 4) is 39.0 Å². The van der Waals surface area contributed by atoms with Gasteiger partial charge in [-0.25, -0.2) is 0 Å². The molecular weight excluding hydrogens is 681 g/mol. The Labute approximate surface area is 288 Å². The van der Waals surface area contributed by atoms with E-state index in [0.29, 0.717) is 0 Å². The first kappa shape index (κ1) is 28.6. The lowest BCUT2D eigenvalue weighted by Gasteiger charge is -2.07. The summed E-state index contributed by atoms with van der Waals surface area (Å²) in [5, 5.41) is 17.5. The van der Waals surface area contributed by atoms with Crippen LogP contribution in [0.4, 0.5) is 0 Å². The highest BCUT2D eigenvalue weighted by Crippen LogP contribution is 2.48. The second kappa shape index (κ2) is 10.4. The Hall–Kier alpha value is -3.64. The molecule has 9 aromatic rings. The van der Waals surface area contributed by atoms with Gasteiger partial charge >= 0.3 is 0 Å². The van der Waals surface area contributed by atoms with Crippen molar-refractivity contribution < 1.29 is 0 Å². The number of aryl methyl sites for hydroxylation is 4. The lowest BCUT2D eigenvalue weighted by molar-refractivity contribution is 1.17. The fraction of sp³-hybridized carbons (Fsp3) is 0.111. The molecule has 0 spiro atoms. The Morgan fingerprint density at radius 1 is 0.413 bits per heavy atom. The topological polar surface area (TPSA) is 76.8 Å². The summed E-state index contributed by atoms with van der Waals surface area (Å²) in [6.07, 6.45) is 0. The van der Waals surface area contributed by atoms with Crippen molar-refractivity contribution in [2.45, 2.75) is 27.7 Å². The molecule has 0 aliphatic heterocycles. The summed E-state index contributed by atoms with van der Waals surface area (Å²) in [4.78, 5) is 12.9. The average Bonchev–Trinajstić information content (AvgIpc) is 3.86. The minimum atomic E-state index is 0.868. The first-order valence-electron chi connectivity index (χ1n) is 14.7. The highest BCUT2D eigenvalue weighted by Gasteiger charge is 2.25. The fourth-order valence-electron chi connectivity index (χ4n) is 6.78. The molecule has 0 radical (unpaired) electrons. The van der Waals surface area contributed by atoms with Crippen LogP contribution in [0.25, 0.3) is 80.7 Å². The zero-order chi connectivity index (χ0) is 31.4. The van der Waals surface area contributed by atoms with Crippen LogP contribution >= 0.6 is 68.0 Å². The van der Waals surface area contributed by atoms with Crippen LogP contribution in [-0.2, 0) is 0 Å². The Bertz CT molecular complexity index is 2590. The van der Waals surface area contributed by atoms with Gasteiger partial charge in [-0.2, -0.15) is 10.2 Å². The first-order chi connectivity index (χ1) is 22.3. The third-order valence-electron chi connectivity index (χ3n) is 8.82. The first-order valence-corrected chi connectivity index (χ1v) is 19.6. The lowest BCUT2D eigenvalue weighted by atomic mass is 9.98. The SMILES string of the molecule is Cc1ccc(-c2ccc(-c3cc4/c(=N\N)c5c(C)c6c(c(C)c5c4s3)/c(=N/N)c3cc(-c4ccc(-c5ccc(C)s5)s4)sc36)s2)s1. The maximum Gasteiger partial charge on any atom is 0.0995 e. The van der Waals surface area contributed by atoms with E-state index in [1.807, 2.05) is 68.0 Å². The van der Waals surface area contributed by atoms with Crippen molar-refractivity contribution in [3.05, 3.63) is 92.3 Å². The Balaban J connectivity index is 1.24. The molecule has 10 heteroatoms. The predicted molar refractivity (Wildman–Crippen MR) is 206 cm³/mol. The van der Waals surface area contributed by atoms with Gasteiger partial charge in [-0.05, 0) is 99.5 Å². The van der Waals surface area contributed by atoms with Crippen molar-refractivity contribution in [3.63, 3.8) is 0 Å². The quantitative estimate of drug-likeness (QED) is 0.141. The number of nitrogens with two attached hydrogens (primary N) is 2. The number of rotatable bonds is 4. The summed E-state index contributed by atoms with van der Waals surface area (Å²) in [7, 11) is 0. The monoisotopic (exact) mass is 706 g/mol. The Kier molecular flexibility index (Phi) is 6.48. The maximum atomic E-state index is 6.20. The van der Waals surface area contributed by atoms with Gasteiger partial charge in [0.05, 0.1) is 10.7 Å². The number of hydrogen-bond donors (Lipinski definition) is 2. The van der Waals surface area contributed by atoms with Crippen LogP contribution in [0.2, 0.25) is 0 Å². The summed E-state index contributed by atoms with van der Waals surface area (Å²) in [5.41, 5.74) is 2.37. The molecule has 6 heterocycles. The van der Waals surface area contributed by atoms with E-state index in [4.69, 9.17) is 11.7 Å². The third kappa shape index (κ3) is 4.04. The van der Waals surface area contributed by atoms with Gasteiger partial charge in [-0.3, -0.25) is 0 Å². The van der Waals surface area contributed by atoms with Gasteiger partial charge in [0.1, 0.15) is 0 Å². The van der Waals surface area contributed by atoms with E-state index in [1.165, 1.54) is 80.1 Å². The van der Waals surface area contributed by atoms with E-state index in [-0.39, 0.29) is 0 Å². The molecule has 0 saturated heterocycles. The van der Waals surface area contributed by atoms with Crippen LogP contribution in [0.15, 0.2) is 70.9 Å². The Morgan fingerprint density at radius 2 is 0.761 bits per heavy atom. The zero-order valence-electron chi connectivity index (χ0n) is 25.3. The van der Waals surface area contributed by atoms with E-state index < -0.39 is 0 Å². The highest BCUT2D eigenvalue weighted by molar-refractivity contribution is 7.30. The van der Waals surface area contributed by atoms with Gasteiger partial charge in [0.25, 0.3) is 0 Å². The van der Waals surface area contributed by atoms with Gasteiger partial charge in [0, 0.05) is 90.5 Å². The number of fused-ring (bicyclic) bond motifs is 6. The van der Waals surface area contributed by atoms with E-state index in [1.54, 1.807) is 0 Å². The van der Waals surface area contributed by atoms with Crippen molar-refractivity contribution in [2.75, 3.05) is 0 Å². The van der Waals surface area contributed by atoms with Crippen molar-refractivity contribution in [1.29, 1.82) is 0 Å². The average molecular weight is 707 g/mol. The molecule has 0 saturated carbocycles. The largest absolute Gasteiger partial charge is 0.323 e. The Morgan fingerprint density at radius 3 is 1.11 bits per heavy atom. The predicted octanol–water partition coefficient (Wildman–Crippen LogP) is 11.0. The van der Waals surface area contributed by atoms with Gasteiger partial charge in [-0.1, -0.05) is 0 Å². The molecule has 6 aromatic heterocycles. The van der Waals surface area contributed by atoms with Crippen LogP contribution in [0.3, 0.4) is 0 Å².